The number of amides is 2. The molecule has 2 aliphatic rings. The van der Waals surface area contributed by atoms with E-state index in [2.05, 4.69) is 39.5 Å². The molecule has 1 heterocycles. The summed E-state index contributed by atoms with van der Waals surface area (Å²) in [5.74, 6) is -0.0751. The molecule has 148 valence electrons. The van der Waals surface area contributed by atoms with Crippen LogP contribution in [0.25, 0.3) is 0 Å². The van der Waals surface area contributed by atoms with E-state index in [0.29, 0.717) is 0 Å². The Morgan fingerprint density at radius 3 is 2.30 bits per heavy atom. The van der Waals surface area contributed by atoms with Crippen molar-refractivity contribution in [2.75, 3.05) is 49.5 Å². The first-order valence-corrected chi connectivity index (χ1v) is 10.3. The van der Waals surface area contributed by atoms with Gasteiger partial charge < -0.3 is 20.4 Å². The summed E-state index contributed by atoms with van der Waals surface area (Å²) in [5, 5.41) is 5.65. The number of benzene rings is 1. The molecule has 3 rings (SSSR count). The zero-order valence-electron chi connectivity index (χ0n) is 16.4. The third-order valence-corrected chi connectivity index (χ3v) is 5.73. The second-order valence-corrected chi connectivity index (χ2v) is 7.57. The number of carbonyl (C=O) groups excluding carboxylic acids is 2. The van der Waals surface area contributed by atoms with Gasteiger partial charge in [-0.05, 0) is 43.7 Å². The lowest BCUT2D eigenvalue weighted by atomic mass is 9.89. The van der Waals surface area contributed by atoms with Crippen LogP contribution in [0.3, 0.4) is 0 Å². The predicted octanol–water partition coefficient (Wildman–Crippen LogP) is 2.46. The molecule has 1 saturated heterocycles. The third-order valence-electron chi connectivity index (χ3n) is 5.73. The summed E-state index contributed by atoms with van der Waals surface area (Å²) >= 11 is 0. The van der Waals surface area contributed by atoms with Crippen molar-refractivity contribution in [3.8, 4) is 0 Å². The van der Waals surface area contributed by atoms with Crippen LogP contribution >= 0.6 is 0 Å². The molecule has 1 aromatic carbocycles. The number of nitrogens with zero attached hydrogens (tertiary/aromatic N) is 2. The molecule has 0 atom stereocenters. The minimum Gasteiger partial charge on any atom is -0.369 e. The van der Waals surface area contributed by atoms with Gasteiger partial charge in [-0.25, -0.2) is 0 Å². The number of nitrogens with one attached hydrogen (secondary N) is 2. The first kappa shape index (κ1) is 19.7. The van der Waals surface area contributed by atoms with Gasteiger partial charge >= 0.3 is 0 Å². The number of hydrogen-bond acceptors (Lipinski definition) is 4. The summed E-state index contributed by atoms with van der Waals surface area (Å²) in [6, 6.07) is 7.97. The van der Waals surface area contributed by atoms with Crippen LogP contribution in [0.4, 0.5) is 11.4 Å². The zero-order valence-corrected chi connectivity index (χ0v) is 16.4. The molecule has 1 aliphatic heterocycles. The highest BCUT2D eigenvalue weighted by atomic mass is 16.2. The normalized spacial score (nSPS) is 18.9. The Hall–Kier alpha value is -2.08. The molecule has 2 amide bonds. The van der Waals surface area contributed by atoms with Crippen molar-refractivity contribution in [1.29, 1.82) is 0 Å². The van der Waals surface area contributed by atoms with Crippen molar-refractivity contribution >= 4 is 23.2 Å². The van der Waals surface area contributed by atoms with Crippen LogP contribution in [0.1, 0.15) is 39.0 Å². The van der Waals surface area contributed by atoms with Crippen LogP contribution in [-0.4, -0.2) is 56.0 Å². The Morgan fingerprint density at radius 2 is 1.67 bits per heavy atom. The van der Waals surface area contributed by atoms with Crippen LogP contribution < -0.4 is 15.5 Å². The molecule has 6 heteroatoms. The monoisotopic (exact) mass is 372 g/mol. The Balaban J connectivity index is 1.42. The lowest BCUT2D eigenvalue weighted by Gasteiger charge is -2.35. The molecule has 6 nitrogen and oxygen atoms in total. The van der Waals surface area contributed by atoms with Gasteiger partial charge in [0.05, 0.1) is 6.54 Å². The second-order valence-electron chi connectivity index (χ2n) is 7.57. The van der Waals surface area contributed by atoms with Crippen LogP contribution in [0.5, 0.6) is 0 Å². The maximum atomic E-state index is 12.1. The molecule has 0 spiro atoms. The topological polar surface area (TPSA) is 64.7 Å². The third kappa shape index (κ3) is 5.70. The molecule has 0 bridgehead atoms. The quantitative estimate of drug-likeness (QED) is 0.805. The maximum Gasteiger partial charge on any atom is 0.243 e. The fourth-order valence-corrected chi connectivity index (χ4v) is 3.96. The van der Waals surface area contributed by atoms with Crippen molar-refractivity contribution < 1.29 is 9.59 Å². The van der Waals surface area contributed by atoms with E-state index in [-0.39, 0.29) is 24.3 Å². The van der Waals surface area contributed by atoms with E-state index >= 15 is 0 Å². The van der Waals surface area contributed by atoms with E-state index < -0.39 is 0 Å². The zero-order chi connectivity index (χ0) is 19.1. The Kier molecular flexibility index (Phi) is 7.10. The van der Waals surface area contributed by atoms with E-state index in [0.717, 1.165) is 64.1 Å². The average Bonchev–Trinajstić information content (AvgIpc) is 2.73. The maximum absolute atomic E-state index is 12.1. The summed E-state index contributed by atoms with van der Waals surface area (Å²) in [6.45, 7) is 7.60. The smallest absolute Gasteiger partial charge is 0.243 e. The molecule has 1 aromatic rings. The van der Waals surface area contributed by atoms with Crippen molar-refractivity contribution in [3.05, 3.63) is 24.3 Å². The number of anilines is 2. The lowest BCUT2D eigenvalue weighted by molar-refractivity contribution is -0.128. The van der Waals surface area contributed by atoms with Gasteiger partial charge in [-0.3, -0.25) is 9.59 Å². The minimum absolute atomic E-state index is 0.0198. The van der Waals surface area contributed by atoms with E-state index in [4.69, 9.17) is 0 Å². The Labute approximate surface area is 162 Å². The second kappa shape index (κ2) is 9.74. The van der Waals surface area contributed by atoms with Crippen LogP contribution in [0.2, 0.25) is 0 Å². The summed E-state index contributed by atoms with van der Waals surface area (Å²) < 4.78 is 0. The number of piperazine rings is 1. The van der Waals surface area contributed by atoms with Gasteiger partial charge in [-0.2, -0.15) is 0 Å². The van der Waals surface area contributed by atoms with Crippen LogP contribution in [0.15, 0.2) is 24.3 Å². The molecule has 27 heavy (non-hydrogen) atoms. The van der Waals surface area contributed by atoms with Gasteiger partial charge in [-0.15, -0.1) is 0 Å². The molecular formula is C21H32N4O2. The van der Waals surface area contributed by atoms with Gasteiger partial charge in [0.2, 0.25) is 11.8 Å². The lowest BCUT2D eigenvalue weighted by Crippen LogP contribution is -2.46. The van der Waals surface area contributed by atoms with Crippen molar-refractivity contribution in [2.24, 2.45) is 5.92 Å². The average molecular weight is 373 g/mol. The molecule has 2 fully saturated rings. The highest BCUT2D eigenvalue weighted by molar-refractivity contribution is 5.94. The summed E-state index contributed by atoms with van der Waals surface area (Å²) in [4.78, 5) is 29.1. The Bertz CT molecular complexity index is 618. The summed E-state index contributed by atoms with van der Waals surface area (Å²) in [7, 11) is 0. The molecule has 0 radical (unpaired) electrons. The highest BCUT2D eigenvalue weighted by Gasteiger charge is 2.21. The number of likely N-dealkylation sites (N-methyl/N-ethyl adjacent to an activating group) is 1. The molecular weight excluding hydrogens is 340 g/mol. The standard InChI is InChI=1S/C21H32N4O2/c1-2-24-12-14-25(15-13-24)19-10-8-18(9-11-19)23-20(26)16-22-21(27)17-6-4-3-5-7-17/h8-11,17H,2-7,12-16H2,1H3,(H,22,27)(H,23,26). The molecule has 1 saturated carbocycles. The first-order valence-electron chi connectivity index (χ1n) is 10.3. The van der Waals surface area contributed by atoms with Crippen molar-refractivity contribution in [2.45, 2.75) is 39.0 Å². The van der Waals surface area contributed by atoms with Gasteiger partial charge in [0.25, 0.3) is 0 Å². The highest BCUT2D eigenvalue weighted by Crippen LogP contribution is 2.23. The molecule has 2 N–H and O–H groups in total. The van der Waals surface area contributed by atoms with E-state index in [1.165, 1.54) is 12.1 Å². The molecule has 0 aromatic heterocycles. The number of hydrogen-bond donors (Lipinski definition) is 2. The fraction of sp³-hybridized carbons (Fsp3) is 0.619. The van der Waals surface area contributed by atoms with Gasteiger partial charge in [0, 0.05) is 43.5 Å². The minimum atomic E-state index is -0.177. The van der Waals surface area contributed by atoms with E-state index in [9.17, 15) is 9.59 Å². The fourth-order valence-electron chi connectivity index (χ4n) is 3.96. The summed E-state index contributed by atoms with van der Waals surface area (Å²) in [5.41, 5.74) is 1.96. The SMILES string of the molecule is CCN1CCN(c2ccc(NC(=O)CNC(=O)C3CCCCC3)cc2)CC1. The first-order chi connectivity index (χ1) is 13.2. The van der Waals surface area contributed by atoms with Gasteiger partial charge in [0.15, 0.2) is 0 Å². The van der Waals surface area contributed by atoms with Crippen molar-refractivity contribution in [1.82, 2.24) is 10.2 Å². The van der Waals surface area contributed by atoms with Crippen LogP contribution in [0, 0.1) is 5.92 Å². The predicted molar refractivity (Wildman–Crippen MR) is 109 cm³/mol. The number of carbonyl (C=O) groups is 2. The summed E-state index contributed by atoms with van der Waals surface area (Å²) in [6.07, 6.45) is 5.34. The number of rotatable bonds is 6. The molecule has 1 aliphatic carbocycles. The van der Waals surface area contributed by atoms with Gasteiger partial charge in [-0.1, -0.05) is 26.2 Å². The molecule has 0 unspecified atom stereocenters. The van der Waals surface area contributed by atoms with Crippen LogP contribution in [-0.2, 0) is 9.59 Å². The van der Waals surface area contributed by atoms with E-state index in [1.54, 1.807) is 0 Å². The Morgan fingerprint density at radius 1 is 1.00 bits per heavy atom. The van der Waals surface area contributed by atoms with E-state index in [1.807, 2.05) is 12.1 Å². The van der Waals surface area contributed by atoms with Gasteiger partial charge in [0.1, 0.15) is 0 Å². The largest absolute Gasteiger partial charge is 0.369 e. The van der Waals surface area contributed by atoms with Crippen molar-refractivity contribution in [3.63, 3.8) is 0 Å².